The number of hydrogen-bond donors (Lipinski definition) is 2. The number of halogens is 3. The number of pyridine rings is 1. The van der Waals surface area contributed by atoms with Crippen LogP contribution in [0.4, 0.5) is 13.2 Å². The van der Waals surface area contributed by atoms with Crippen LogP contribution < -0.4 is 5.73 Å². The molecule has 2 aromatic carbocycles. The van der Waals surface area contributed by atoms with Crippen molar-refractivity contribution in [1.29, 1.82) is 0 Å². The van der Waals surface area contributed by atoms with Gasteiger partial charge >= 0.3 is 6.18 Å². The number of aromatic nitrogens is 3. The Balaban J connectivity index is 1.34. The molecule has 4 aromatic rings. The molecule has 0 bridgehead atoms. The van der Waals surface area contributed by atoms with E-state index in [1.54, 1.807) is 42.6 Å². The fraction of sp³-hybridized carbons (Fsp3) is 0.241. The number of carbonyl (C=O) groups excluding carboxylic acids is 2. The fourth-order valence-electron chi connectivity index (χ4n) is 4.93. The maximum absolute atomic E-state index is 13.4. The van der Waals surface area contributed by atoms with Gasteiger partial charge in [0.25, 0.3) is 0 Å². The molecule has 2 amide bonds. The summed E-state index contributed by atoms with van der Waals surface area (Å²) in [5.74, 6) is -2.15. The van der Waals surface area contributed by atoms with E-state index < -0.39 is 35.7 Å². The van der Waals surface area contributed by atoms with E-state index in [4.69, 9.17) is 5.73 Å². The van der Waals surface area contributed by atoms with Crippen LogP contribution in [-0.2, 0) is 37.0 Å². The first-order valence-corrected chi connectivity index (χ1v) is 12.9. The summed E-state index contributed by atoms with van der Waals surface area (Å²) in [5.41, 5.74) is 7.03. The maximum atomic E-state index is 13.4. The van der Waals surface area contributed by atoms with Crippen LogP contribution in [0.2, 0.25) is 0 Å². The van der Waals surface area contributed by atoms with Crippen LogP contribution in [0, 0.1) is 5.21 Å². The fourth-order valence-corrected chi connectivity index (χ4v) is 4.93. The average Bonchev–Trinajstić information content (AvgIpc) is 3.61. The number of amides is 2. The second-order valence-corrected chi connectivity index (χ2v) is 9.99. The Morgan fingerprint density at radius 3 is 2.50 bits per heavy atom. The van der Waals surface area contributed by atoms with Crippen LogP contribution in [0.15, 0.2) is 79.1 Å². The zero-order chi connectivity index (χ0) is 30.0. The molecule has 1 aliphatic heterocycles. The van der Waals surface area contributed by atoms with E-state index in [0.717, 1.165) is 17.7 Å². The highest BCUT2D eigenvalue weighted by Crippen LogP contribution is 2.33. The van der Waals surface area contributed by atoms with Crippen molar-refractivity contribution in [1.82, 2.24) is 24.7 Å². The van der Waals surface area contributed by atoms with E-state index in [9.17, 15) is 33.1 Å². The van der Waals surface area contributed by atoms with Crippen molar-refractivity contribution in [3.8, 4) is 5.82 Å². The standard InChI is InChI=1S/C29H26F3N6O4/c30-29(31,32)21-9-8-19-15-36(16-20(19)14-21)17-22-10-12-37(35-22)27-23(7-4-11-34-27)28(41)38(42)24(25(39)26(33)40)13-18-5-2-1-3-6-18/h1-12,14,24-25,39H,13,15-17H2,(H2,33,40)/q-1. The molecule has 13 heteroatoms. The monoisotopic (exact) mass is 579 g/mol. The van der Waals surface area contributed by atoms with Gasteiger partial charge in [-0.25, -0.2) is 9.67 Å². The second-order valence-electron chi connectivity index (χ2n) is 9.99. The van der Waals surface area contributed by atoms with E-state index >= 15 is 0 Å². The second kappa shape index (κ2) is 11.7. The number of alkyl halides is 3. The van der Waals surface area contributed by atoms with Crippen molar-refractivity contribution in [3.63, 3.8) is 0 Å². The predicted octanol–water partition coefficient (Wildman–Crippen LogP) is 3.20. The highest BCUT2D eigenvalue weighted by molar-refractivity contribution is 5.98. The third kappa shape index (κ3) is 6.17. The average molecular weight is 580 g/mol. The van der Waals surface area contributed by atoms with Gasteiger partial charge < -0.3 is 21.1 Å². The normalized spacial score (nSPS) is 14.8. The Hall–Kier alpha value is -4.59. The molecule has 0 radical (unpaired) electrons. The highest BCUT2D eigenvalue weighted by atomic mass is 19.4. The Morgan fingerprint density at radius 2 is 1.79 bits per heavy atom. The summed E-state index contributed by atoms with van der Waals surface area (Å²) in [6.07, 6.45) is -3.49. The number of nitrogens with two attached hydrogens (primary N) is 1. The van der Waals surface area contributed by atoms with Gasteiger partial charge in [-0.3, -0.25) is 14.5 Å². The van der Waals surface area contributed by atoms with Crippen molar-refractivity contribution in [2.75, 3.05) is 0 Å². The summed E-state index contributed by atoms with van der Waals surface area (Å²) in [6, 6.07) is 15.3. The van der Waals surface area contributed by atoms with E-state index in [-0.39, 0.29) is 22.9 Å². The smallest absolute Gasteiger partial charge is 0.416 e. The van der Waals surface area contributed by atoms with Crippen molar-refractivity contribution in [3.05, 3.63) is 118 Å². The molecular weight excluding hydrogens is 553 g/mol. The number of carbonyl (C=O) groups is 2. The number of aliphatic hydroxyl groups excluding tert-OH is 1. The SMILES string of the molecule is NC(=O)C(O)C(Cc1ccccc1)N([O-])C(=O)c1cccnc1-n1ccc(CN2Cc3ccc(C(F)(F)F)cc3C2)n1. The maximum Gasteiger partial charge on any atom is 0.416 e. The first kappa shape index (κ1) is 28.9. The minimum Gasteiger partial charge on any atom is -0.756 e. The molecule has 3 heterocycles. The number of nitrogens with zero attached hydrogens (tertiary/aromatic N) is 5. The third-order valence-electron chi connectivity index (χ3n) is 7.03. The lowest BCUT2D eigenvalue weighted by Gasteiger charge is -2.39. The molecule has 5 rings (SSSR count). The van der Waals surface area contributed by atoms with E-state index in [2.05, 4.69) is 10.1 Å². The summed E-state index contributed by atoms with van der Waals surface area (Å²) in [7, 11) is 0. The van der Waals surface area contributed by atoms with E-state index in [1.807, 2.05) is 4.90 Å². The Bertz CT molecular complexity index is 1590. The molecule has 0 saturated heterocycles. The van der Waals surface area contributed by atoms with Crippen molar-refractivity contribution < 1.29 is 27.9 Å². The van der Waals surface area contributed by atoms with Crippen molar-refractivity contribution in [2.24, 2.45) is 5.73 Å². The lowest BCUT2D eigenvalue weighted by Crippen LogP contribution is -2.50. The first-order chi connectivity index (χ1) is 20.0. The third-order valence-corrected chi connectivity index (χ3v) is 7.03. The molecule has 218 valence electrons. The topological polar surface area (TPSA) is 141 Å². The van der Waals surface area contributed by atoms with Crippen LogP contribution >= 0.6 is 0 Å². The molecule has 0 spiro atoms. The van der Waals surface area contributed by atoms with Crippen molar-refractivity contribution in [2.45, 2.75) is 44.4 Å². The van der Waals surface area contributed by atoms with E-state index in [1.165, 1.54) is 29.1 Å². The Kier molecular flexibility index (Phi) is 8.07. The van der Waals surface area contributed by atoms with Gasteiger partial charge in [0.15, 0.2) is 11.9 Å². The van der Waals surface area contributed by atoms with E-state index in [0.29, 0.717) is 36.5 Å². The van der Waals surface area contributed by atoms with Crippen LogP contribution in [0.5, 0.6) is 0 Å². The van der Waals surface area contributed by atoms with Gasteiger partial charge in [0.05, 0.1) is 22.9 Å². The molecule has 3 N–H and O–H groups in total. The summed E-state index contributed by atoms with van der Waals surface area (Å²) in [6.45, 7) is 1.08. The number of hydroxylamine groups is 2. The van der Waals surface area contributed by atoms with Gasteiger partial charge in [-0.05, 0) is 53.4 Å². The van der Waals surface area contributed by atoms with Gasteiger partial charge in [-0.2, -0.15) is 18.3 Å². The molecular formula is C29H26F3N6O4-. The number of aliphatic hydroxyl groups is 1. The largest absolute Gasteiger partial charge is 0.756 e. The number of fused-ring (bicyclic) bond motifs is 1. The minimum absolute atomic E-state index is 0.0318. The predicted molar refractivity (Wildman–Crippen MR) is 144 cm³/mol. The summed E-state index contributed by atoms with van der Waals surface area (Å²) < 4.78 is 40.6. The van der Waals surface area contributed by atoms with Gasteiger partial charge in [-0.15, -0.1) is 0 Å². The van der Waals surface area contributed by atoms with Gasteiger partial charge in [0, 0.05) is 32.0 Å². The molecule has 2 atom stereocenters. The summed E-state index contributed by atoms with van der Waals surface area (Å²) in [5, 5.41) is 28.2. The zero-order valence-electron chi connectivity index (χ0n) is 22.1. The highest BCUT2D eigenvalue weighted by Gasteiger charge is 2.33. The Labute approximate surface area is 238 Å². The first-order valence-electron chi connectivity index (χ1n) is 12.9. The zero-order valence-corrected chi connectivity index (χ0v) is 22.1. The molecule has 2 aromatic heterocycles. The van der Waals surface area contributed by atoms with Crippen LogP contribution in [-0.4, -0.2) is 53.8 Å². The molecule has 42 heavy (non-hydrogen) atoms. The van der Waals surface area contributed by atoms with Crippen molar-refractivity contribution >= 4 is 11.8 Å². The van der Waals surface area contributed by atoms with Gasteiger partial charge in [0.1, 0.15) is 0 Å². The number of benzene rings is 2. The molecule has 0 saturated carbocycles. The quantitative estimate of drug-likeness (QED) is 0.290. The summed E-state index contributed by atoms with van der Waals surface area (Å²) in [4.78, 5) is 31.3. The lowest BCUT2D eigenvalue weighted by atomic mass is 10.00. The molecule has 0 aliphatic carbocycles. The van der Waals surface area contributed by atoms with Crippen LogP contribution in [0.25, 0.3) is 5.82 Å². The molecule has 2 unspecified atom stereocenters. The van der Waals surface area contributed by atoms with Crippen LogP contribution in [0.3, 0.4) is 0 Å². The molecule has 10 nitrogen and oxygen atoms in total. The molecule has 1 aliphatic rings. The van der Waals surface area contributed by atoms with Crippen LogP contribution in [0.1, 0.15) is 38.3 Å². The summed E-state index contributed by atoms with van der Waals surface area (Å²) >= 11 is 0. The number of hydrogen-bond acceptors (Lipinski definition) is 7. The van der Waals surface area contributed by atoms with Gasteiger partial charge in [0.2, 0.25) is 11.8 Å². The number of rotatable bonds is 9. The van der Waals surface area contributed by atoms with Gasteiger partial charge in [-0.1, -0.05) is 36.4 Å². The Morgan fingerprint density at radius 1 is 1.05 bits per heavy atom. The number of primary amides is 1. The molecule has 0 fully saturated rings. The minimum atomic E-state index is -4.42. The lowest BCUT2D eigenvalue weighted by molar-refractivity contribution is -0.137.